The maximum atomic E-state index is 5.49. The maximum Gasteiger partial charge on any atom is 0.194 e. The lowest BCUT2D eigenvalue weighted by molar-refractivity contribution is 0.0341. The topological polar surface area (TPSA) is 40.1 Å². The highest BCUT2D eigenvalue weighted by Gasteiger charge is 2.35. The minimum atomic E-state index is 0. The predicted molar refractivity (Wildman–Crippen MR) is 130 cm³/mol. The van der Waals surface area contributed by atoms with Gasteiger partial charge in [0, 0.05) is 39.3 Å². The fourth-order valence-corrected chi connectivity index (χ4v) is 5.03. The molecule has 2 saturated heterocycles. The van der Waals surface area contributed by atoms with Gasteiger partial charge in [-0.2, -0.15) is 0 Å². The van der Waals surface area contributed by atoms with Crippen LogP contribution < -0.4 is 5.32 Å². The van der Waals surface area contributed by atoms with Crippen molar-refractivity contribution in [2.75, 3.05) is 45.9 Å². The Balaban J connectivity index is 0.00000240. The van der Waals surface area contributed by atoms with Gasteiger partial charge in [-0.1, -0.05) is 37.1 Å². The molecule has 6 heteroatoms. The molecule has 0 bridgehead atoms. The molecule has 1 aromatic rings. The van der Waals surface area contributed by atoms with Crippen molar-refractivity contribution in [2.45, 2.75) is 45.7 Å². The molecule has 162 valence electrons. The van der Waals surface area contributed by atoms with Gasteiger partial charge >= 0.3 is 0 Å². The van der Waals surface area contributed by atoms with E-state index in [0.29, 0.717) is 0 Å². The van der Waals surface area contributed by atoms with Crippen molar-refractivity contribution >= 4 is 29.9 Å². The summed E-state index contributed by atoms with van der Waals surface area (Å²) in [4.78, 5) is 10.1. The van der Waals surface area contributed by atoms with Gasteiger partial charge in [0.25, 0.3) is 0 Å². The second kappa shape index (κ2) is 11.5. The molecule has 2 unspecified atom stereocenters. The Labute approximate surface area is 193 Å². The number of benzene rings is 1. The first-order valence-corrected chi connectivity index (χ1v) is 11.2. The van der Waals surface area contributed by atoms with Crippen LogP contribution in [-0.2, 0) is 17.8 Å². The van der Waals surface area contributed by atoms with Crippen molar-refractivity contribution in [1.82, 2.24) is 15.1 Å². The van der Waals surface area contributed by atoms with Gasteiger partial charge in [-0.15, -0.1) is 24.0 Å². The van der Waals surface area contributed by atoms with Gasteiger partial charge < -0.3 is 15.0 Å². The second-order valence-corrected chi connectivity index (χ2v) is 8.54. The standard InChI is InChI=1S/C23H36N4O.HI/c1-2-24-23(27-17-21-9-5-6-10-22(21)18-27)25-15-19-7-3-4-8-20(19)16-26-11-13-28-14-12-26;/h3-4,7-8,21-22H,2,5-6,9-18H2,1H3,(H,24,25);1H. The predicted octanol–water partition coefficient (Wildman–Crippen LogP) is 3.72. The Morgan fingerprint density at radius 2 is 1.72 bits per heavy atom. The fraction of sp³-hybridized carbons (Fsp3) is 0.696. The lowest BCUT2D eigenvalue weighted by atomic mass is 9.82. The molecule has 0 amide bonds. The third-order valence-corrected chi connectivity index (χ3v) is 6.63. The van der Waals surface area contributed by atoms with Gasteiger partial charge in [-0.3, -0.25) is 4.90 Å². The molecule has 5 nitrogen and oxygen atoms in total. The van der Waals surface area contributed by atoms with E-state index in [-0.39, 0.29) is 24.0 Å². The Hall–Kier alpha value is -0.860. The minimum absolute atomic E-state index is 0. The van der Waals surface area contributed by atoms with Crippen LogP contribution in [0.5, 0.6) is 0 Å². The van der Waals surface area contributed by atoms with E-state index >= 15 is 0 Å². The van der Waals surface area contributed by atoms with Crippen LogP contribution in [-0.4, -0.2) is 61.7 Å². The zero-order valence-corrected chi connectivity index (χ0v) is 20.1. The molecule has 1 saturated carbocycles. The highest BCUT2D eigenvalue weighted by molar-refractivity contribution is 14.0. The smallest absolute Gasteiger partial charge is 0.194 e. The molecule has 1 aliphatic carbocycles. The van der Waals surface area contributed by atoms with Crippen LogP contribution in [0.25, 0.3) is 0 Å². The highest BCUT2D eigenvalue weighted by atomic mass is 127. The number of aliphatic imine (C=N–C) groups is 1. The number of rotatable bonds is 5. The van der Waals surface area contributed by atoms with Gasteiger partial charge in [-0.05, 0) is 42.7 Å². The van der Waals surface area contributed by atoms with Crippen molar-refractivity contribution in [3.63, 3.8) is 0 Å². The molecular formula is C23H37IN4O. The molecule has 3 aliphatic rings. The van der Waals surface area contributed by atoms with Crippen molar-refractivity contribution in [3.8, 4) is 0 Å². The van der Waals surface area contributed by atoms with Gasteiger partial charge in [0.15, 0.2) is 5.96 Å². The molecule has 1 N–H and O–H groups in total. The number of morpholine rings is 1. The lowest BCUT2D eigenvalue weighted by Gasteiger charge is -2.27. The summed E-state index contributed by atoms with van der Waals surface area (Å²) >= 11 is 0. The van der Waals surface area contributed by atoms with E-state index in [2.05, 4.69) is 46.3 Å². The van der Waals surface area contributed by atoms with E-state index in [1.165, 1.54) is 49.9 Å². The van der Waals surface area contributed by atoms with Gasteiger partial charge in [0.05, 0.1) is 19.8 Å². The van der Waals surface area contributed by atoms with Gasteiger partial charge in [-0.25, -0.2) is 4.99 Å². The summed E-state index contributed by atoms with van der Waals surface area (Å²) in [6.45, 7) is 11.0. The van der Waals surface area contributed by atoms with Crippen molar-refractivity contribution in [2.24, 2.45) is 16.8 Å². The summed E-state index contributed by atoms with van der Waals surface area (Å²) in [5.74, 6) is 2.87. The summed E-state index contributed by atoms with van der Waals surface area (Å²) in [7, 11) is 0. The van der Waals surface area contributed by atoms with E-state index in [1.54, 1.807) is 0 Å². The van der Waals surface area contributed by atoms with Crippen molar-refractivity contribution in [3.05, 3.63) is 35.4 Å². The number of ether oxygens (including phenoxy) is 1. The Bertz CT molecular complexity index is 648. The van der Waals surface area contributed by atoms with E-state index < -0.39 is 0 Å². The van der Waals surface area contributed by atoms with Crippen LogP contribution in [0.15, 0.2) is 29.3 Å². The quantitative estimate of drug-likeness (QED) is 0.371. The largest absolute Gasteiger partial charge is 0.379 e. The second-order valence-electron chi connectivity index (χ2n) is 8.54. The number of hydrogen-bond donors (Lipinski definition) is 1. The molecule has 0 aromatic heterocycles. The first-order valence-electron chi connectivity index (χ1n) is 11.2. The van der Waals surface area contributed by atoms with Crippen LogP contribution in [0.3, 0.4) is 0 Å². The van der Waals surface area contributed by atoms with Crippen LogP contribution >= 0.6 is 24.0 Å². The molecule has 3 fully saturated rings. The molecular weight excluding hydrogens is 475 g/mol. The normalized spacial score (nSPS) is 25.4. The molecule has 29 heavy (non-hydrogen) atoms. The number of likely N-dealkylation sites (tertiary alicyclic amines) is 1. The minimum Gasteiger partial charge on any atom is -0.379 e. The number of hydrogen-bond acceptors (Lipinski definition) is 3. The molecule has 2 atom stereocenters. The van der Waals surface area contributed by atoms with Gasteiger partial charge in [0.2, 0.25) is 0 Å². The zero-order valence-electron chi connectivity index (χ0n) is 17.8. The van der Waals surface area contributed by atoms with E-state index in [4.69, 9.17) is 9.73 Å². The number of nitrogens with one attached hydrogen (secondary N) is 1. The Morgan fingerprint density at radius 3 is 2.38 bits per heavy atom. The first kappa shape index (κ1) is 22.8. The average Bonchev–Trinajstić information content (AvgIpc) is 3.17. The summed E-state index contributed by atoms with van der Waals surface area (Å²) in [5.41, 5.74) is 2.75. The average molecular weight is 512 g/mol. The Morgan fingerprint density at radius 1 is 1.07 bits per heavy atom. The maximum absolute atomic E-state index is 5.49. The lowest BCUT2D eigenvalue weighted by Crippen LogP contribution is -2.40. The Kier molecular flexibility index (Phi) is 9.06. The highest BCUT2D eigenvalue weighted by Crippen LogP contribution is 2.36. The van der Waals surface area contributed by atoms with Crippen molar-refractivity contribution in [1.29, 1.82) is 0 Å². The molecule has 0 radical (unpaired) electrons. The third kappa shape index (κ3) is 6.07. The van der Waals surface area contributed by atoms with Crippen LogP contribution in [0.1, 0.15) is 43.7 Å². The molecule has 2 heterocycles. The summed E-state index contributed by atoms with van der Waals surface area (Å²) in [6, 6.07) is 8.80. The van der Waals surface area contributed by atoms with E-state index in [9.17, 15) is 0 Å². The van der Waals surface area contributed by atoms with Gasteiger partial charge in [0.1, 0.15) is 0 Å². The SMILES string of the molecule is CCNC(=NCc1ccccc1CN1CCOCC1)N1CC2CCCCC2C1.I. The van der Waals surface area contributed by atoms with Crippen LogP contribution in [0, 0.1) is 11.8 Å². The summed E-state index contributed by atoms with van der Waals surface area (Å²) in [5, 5.41) is 3.55. The summed E-state index contributed by atoms with van der Waals surface area (Å²) < 4.78 is 5.49. The molecule has 0 spiro atoms. The molecule has 1 aromatic carbocycles. The van der Waals surface area contributed by atoms with E-state index in [1.807, 2.05) is 0 Å². The number of nitrogens with zero attached hydrogens (tertiary/aromatic N) is 3. The number of halogens is 1. The monoisotopic (exact) mass is 512 g/mol. The number of guanidine groups is 1. The first-order chi connectivity index (χ1) is 13.8. The van der Waals surface area contributed by atoms with Crippen LogP contribution in [0.2, 0.25) is 0 Å². The molecule has 2 aliphatic heterocycles. The van der Waals surface area contributed by atoms with Crippen LogP contribution in [0.4, 0.5) is 0 Å². The molecule has 4 rings (SSSR count). The fourth-order valence-electron chi connectivity index (χ4n) is 5.03. The zero-order chi connectivity index (χ0) is 19.2. The number of fused-ring (bicyclic) bond motifs is 1. The summed E-state index contributed by atoms with van der Waals surface area (Å²) in [6.07, 6.45) is 5.64. The van der Waals surface area contributed by atoms with Crippen molar-refractivity contribution < 1.29 is 4.74 Å². The third-order valence-electron chi connectivity index (χ3n) is 6.63. The van der Waals surface area contributed by atoms with E-state index in [0.717, 1.165) is 63.7 Å².